The number of nitrogens with zero attached hydrogens (tertiary/aromatic N) is 1. The van der Waals surface area contributed by atoms with Crippen LogP contribution in [0.2, 0.25) is 0 Å². The largest absolute Gasteiger partial charge is 0.326 e. The van der Waals surface area contributed by atoms with Crippen molar-refractivity contribution in [2.75, 3.05) is 6.54 Å². The Morgan fingerprint density at radius 2 is 2.50 bits per heavy atom. The number of nitrogens with two attached hydrogens (primary N) is 1. The molecule has 46 valence electrons. The summed E-state index contributed by atoms with van der Waals surface area (Å²) in [6.07, 6.45) is 5.45. The van der Waals surface area contributed by atoms with Crippen LogP contribution in [0.3, 0.4) is 0 Å². The van der Waals surface area contributed by atoms with Crippen LogP contribution in [-0.4, -0.2) is 18.8 Å². The molecule has 2 heteroatoms. The summed E-state index contributed by atoms with van der Waals surface area (Å²) in [5.41, 5.74) is 5.62. The molecule has 0 fully saturated rings. The quantitative estimate of drug-likeness (QED) is 0.488. The Balaban J connectivity index is 2.30. The highest BCUT2D eigenvalue weighted by molar-refractivity contribution is 5.57. The van der Waals surface area contributed by atoms with Gasteiger partial charge in [-0.1, -0.05) is 0 Å². The fourth-order valence-electron chi connectivity index (χ4n) is 0.864. The molecule has 0 aromatic heterocycles. The molecule has 0 spiro atoms. The van der Waals surface area contributed by atoms with E-state index < -0.39 is 0 Å². The van der Waals surface area contributed by atoms with Crippen LogP contribution in [-0.2, 0) is 0 Å². The number of aliphatic imine (C=N–C) groups is 1. The zero-order valence-electron chi connectivity index (χ0n) is 5.01. The summed E-state index contributed by atoms with van der Waals surface area (Å²) < 4.78 is 0. The summed E-state index contributed by atoms with van der Waals surface area (Å²) in [5.74, 6) is 0. The van der Waals surface area contributed by atoms with Gasteiger partial charge in [-0.05, 0) is 25.5 Å². The first-order valence-electron chi connectivity index (χ1n) is 3.13. The predicted octanol–water partition coefficient (Wildman–Crippen LogP) is 0.568. The summed E-state index contributed by atoms with van der Waals surface area (Å²) in [4.78, 5) is 4.10. The van der Waals surface area contributed by atoms with Crippen molar-refractivity contribution in [2.24, 2.45) is 10.7 Å². The molecule has 1 heterocycles. The molecule has 1 atom stereocenters. The van der Waals surface area contributed by atoms with Gasteiger partial charge in [0, 0.05) is 6.04 Å². The molecule has 1 unspecified atom stereocenters. The fourth-order valence-corrected chi connectivity index (χ4v) is 0.864. The highest BCUT2D eigenvalue weighted by atomic mass is 14.8. The van der Waals surface area contributed by atoms with Gasteiger partial charge >= 0.3 is 0 Å². The molecule has 0 amide bonds. The summed E-state index contributed by atoms with van der Waals surface area (Å²) in [6.45, 7) is 0.833. The third kappa shape index (κ3) is 1.62. The lowest BCUT2D eigenvalue weighted by atomic mass is 10.1. The van der Waals surface area contributed by atoms with Crippen LogP contribution in [0, 0.1) is 0 Å². The van der Waals surface area contributed by atoms with Gasteiger partial charge in [0.25, 0.3) is 0 Å². The number of hydrogen-bond acceptors (Lipinski definition) is 2. The van der Waals surface area contributed by atoms with E-state index in [2.05, 4.69) is 4.99 Å². The average molecular weight is 112 g/mol. The van der Waals surface area contributed by atoms with Gasteiger partial charge in [-0.15, -0.1) is 0 Å². The summed E-state index contributed by atoms with van der Waals surface area (Å²) in [6, 6.07) is 0.328. The third-order valence-corrected chi connectivity index (χ3v) is 1.38. The maximum absolute atomic E-state index is 5.62. The van der Waals surface area contributed by atoms with Gasteiger partial charge in [-0.3, -0.25) is 4.99 Å². The molecule has 0 radical (unpaired) electrons. The molecule has 0 saturated heterocycles. The summed E-state index contributed by atoms with van der Waals surface area (Å²) >= 11 is 0. The van der Waals surface area contributed by atoms with Crippen LogP contribution in [0.1, 0.15) is 19.3 Å². The highest BCUT2D eigenvalue weighted by Gasteiger charge is 2.01. The van der Waals surface area contributed by atoms with Crippen molar-refractivity contribution in [3.8, 4) is 0 Å². The van der Waals surface area contributed by atoms with Gasteiger partial charge in [0.2, 0.25) is 0 Å². The van der Waals surface area contributed by atoms with Crippen molar-refractivity contribution in [3.05, 3.63) is 0 Å². The van der Waals surface area contributed by atoms with E-state index >= 15 is 0 Å². The monoisotopic (exact) mass is 112 g/mol. The molecule has 1 rings (SSSR count). The van der Waals surface area contributed by atoms with Crippen molar-refractivity contribution in [1.29, 1.82) is 0 Å². The Morgan fingerprint density at radius 1 is 1.62 bits per heavy atom. The van der Waals surface area contributed by atoms with Crippen LogP contribution in [0.25, 0.3) is 0 Å². The second-order valence-electron chi connectivity index (χ2n) is 2.24. The van der Waals surface area contributed by atoms with Gasteiger partial charge in [-0.2, -0.15) is 0 Å². The molecule has 1 aliphatic heterocycles. The first-order valence-corrected chi connectivity index (χ1v) is 3.13. The molecular weight excluding hydrogens is 100 g/mol. The van der Waals surface area contributed by atoms with Crippen LogP contribution in [0.15, 0.2) is 4.99 Å². The molecule has 1 aliphatic rings. The Morgan fingerprint density at radius 3 is 3.38 bits per heavy atom. The minimum absolute atomic E-state index is 0.328. The van der Waals surface area contributed by atoms with Gasteiger partial charge in [0.05, 0.1) is 6.54 Å². The van der Waals surface area contributed by atoms with Gasteiger partial charge < -0.3 is 5.73 Å². The van der Waals surface area contributed by atoms with Crippen molar-refractivity contribution in [1.82, 2.24) is 0 Å². The molecule has 0 aromatic rings. The van der Waals surface area contributed by atoms with Gasteiger partial charge in [-0.25, -0.2) is 0 Å². The normalized spacial score (nSPS) is 29.9. The Kier molecular flexibility index (Phi) is 2.03. The second-order valence-corrected chi connectivity index (χ2v) is 2.24. The van der Waals surface area contributed by atoms with Crippen molar-refractivity contribution in [3.63, 3.8) is 0 Å². The van der Waals surface area contributed by atoms with E-state index in [1.165, 1.54) is 6.42 Å². The molecule has 2 N–H and O–H groups in total. The maximum Gasteiger partial charge on any atom is 0.0536 e. The Bertz CT molecular complexity index is 88.5. The van der Waals surface area contributed by atoms with E-state index in [4.69, 9.17) is 5.73 Å². The summed E-state index contributed by atoms with van der Waals surface area (Å²) in [5, 5.41) is 0. The van der Waals surface area contributed by atoms with E-state index in [-0.39, 0.29) is 0 Å². The van der Waals surface area contributed by atoms with Crippen LogP contribution >= 0.6 is 0 Å². The molecule has 0 aromatic carbocycles. The zero-order chi connectivity index (χ0) is 5.82. The van der Waals surface area contributed by atoms with Gasteiger partial charge in [0.1, 0.15) is 0 Å². The first-order chi connectivity index (χ1) is 3.89. The summed E-state index contributed by atoms with van der Waals surface area (Å²) in [7, 11) is 0. The van der Waals surface area contributed by atoms with Crippen molar-refractivity contribution in [2.45, 2.75) is 25.3 Å². The van der Waals surface area contributed by atoms with E-state index in [1.807, 2.05) is 6.21 Å². The van der Waals surface area contributed by atoms with Gasteiger partial charge in [0.15, 0.2) is 0 Å². The lowest BCUT2D eigenvalue weighted by Gasteiger charge is -2.01. The minimum Gasteiger partial charge on any atom is -0.326 e. The molecule has 2 nitrogen and oxygen atoms in total. The first kappa shape index (κ1) is 5.76. The Labute approximate surface area is 49.8 Å². The van der Waals surface area contributed by atoms with E-state index in [0.29, 0.717) is 6.04 Å². The topological polar surface area (TPSA) is 38.4 Å². The standard InChI is InChI=1S/C6H12N2/c7-6-3-1-2-4-8-5-6/h4,6H,1-3,5,7H2. The van der Waals surface area contributed by atoms with Crippen molar-refractivity contribution >= 4 is 6.21 Å². The zero-order valence-corrected chi connectivity index (χ0v) is 5.01. The highest BCUT2D eigenvalue weighted by Crippen LogP contribution is 2.01. The average Bonchev–Trinajstić information content (AvgIpc) is 1.94. The van der Waals surface area contributed by atoms with Crippen LogP contribution < -0.4 is 5.73 Å². The van der Waals surface area contributed by atoms with E-state index in [0.717, 1.165) is 19.4 Å². The Hall–Kier alpha value is -0.370. The van der Waals surface area contributed by atoms with E-state index in [1.54, 1.807) is 0 Å². The molecule has 0 saturated carbocycles. The number of rotatable bonds is 0. The molecule has 8 heavy (non-hydrogen) atoms. The minimum atomic E-state index is 0.328. The number of hydrogen-bond donors (Lipinski definition) is 1. The lowest BCUT2D eigenvalue weighted by molar-refractivity contribution is 0.618. The van der Waals surface area contributed by atoms with Crippen LogP contribution in [0.5, 0.6) is 0 Å². The third-order valence-electron chi connectivity index (χ3n) is 1.38. The smallest absolute Gasteiger partial charge is 0.0536 e. The molecular formula is C6H12N2. The fraction of sp³-hybridized carbons (Fsp3) is 0.833. The molecule has 0 aliphatic carbocycles. The SMILES string of the molecule is NC1CCCC=NC1. The van der Waals surface area contributed by atoms with E-state index in [9.17, 15) is 0 Å². The molecule has 0 bridgehead atoms. The van der Waals surface area contributed by atoms with Crippen molar-refractivity contribution < 1.29 is 0 Å². The maximum atomic E-state index is 5.62. The lowest BCUT2D eigenvalue weighted by Crippen LogP contribution is -2.21. The van der Waals surface area contributed by atoms with Crippen LogP contribution in [0.4, 0.5) is 0 Å². The predicted molar refractivity (Wildman–Crippen MR) is 35.2 cm³/mol. The second kappa shape index (κ2) is 2.82.